The second kappa shape index (κ2) is 8.37. The molecule has 1 aliphatic heterocycles. The maximum absolute atomic E-state index is 11.9. The van der Waals surface area contributed by atoms with E-state index in [4.69, 9.17) is 27.9 Å². The van der Waals surface area contributed by atoms with Gasteiger partial charge >= 0.3 is 12.0 Å². The average molecular weight is 402 g/mol. The van der Waals surface area contributed by atoms with Crippen LogP contribution in [-0.2, 0) is 19.1 Å². The van der Waals surface area contributed by atoms with Crippen molar-refractivity contribution in [1.82, 2.24) is 15.1 Å². The summed E-state index contributed by atoms with van der Waals surface area (Å²) < 4.78 is 4.81. The van der Waals surface area contributed by atoms with E-state index in [9.17, 15) is 19.2 Å². The van der Waals surface area contributed by atoms with E-state index in [1.54, 1.807) is 25.1 Å². The molecule has 0 saturated carbocycles. The second-order valence-electron chi connectivity index (χ2n) is 5.73. The van der Waals surface area contributed by atoms with Crippen molar-refractivity contribution in [2.75, 3.05) is 26.7 Å². The fraction of sp³-hybridized carbons (Fsp3) is 0.375. The molecular formula is C16H17Cl2N3O5. The number of carbonyl (C=O) groups is 4. The molecule has 4 amide bonds. The second-order valence-corrected chi connectivity index (χ2v) is 6.58. The van der Waals surface area contributed by atoms with Gasteiger partial charge in [0.25, 0.3) is 11.8 Å². The summed E-state index contributed by atoms with van der Waals surface area (Å²) >= 11 is 11.9. The zero-order valence-corrected chi connectivity index (χ0v) is 15.6. The normalized spacial score (nSPS) is 15.2. The van der Waals surface area contributed by atoms with Crippen LogP contribution < -0.4 is 5.32 Å². The van der Waals surface area contributed by atoms with Crippen LogP contribution in [0.1, 0.15) is 18.5 Å². The lowest BCUT2D eigenvalue weighted by Gasteiger charge is -2.16. The van der Waals surface area contributed by atoms with Crippen LogP contribution in [0, 0.1) is 0 Å². The molecule has 0 spiro atoms. The van der Waals surface area contributed by atoms with Crippen LogP contribution in [0.3, 0.4) is 0 Å². The molecule has 0 aliphatic carbocycles. The smallest absolute Gasteiger partial charge is 0.327 e. The average Bonchev–Trinajstić information content (AvgIpc) is 2.79. The summed E-state index contributed by atoms with van der Waals surface area (Å²) in [6.45, 7) is 0.548. The van der Waals surface area contributed by atoms with Crippen molar-refractivity contribution in [3.8, 4) is 0 Å². The zero-order chi connectivity index (χ0) is 19.4. The van der Waals surface area contributed by atoms with Crippen LogP contribution in [0.25, 0.3) is 0 Å². The number of nitrogens with zero attached hydrogens (tertiary/aromatic N) is 2. The number of benzene rings is 1. The van der Waals surface area contributed by atoms with Crippen LogP contribution in [0.5, 0.6) is 0 Å². The predicted molar refractivity (Wildman–Crippen MR) is 93.7 cm³/mol. The highest BCUT2D eigenvalue weighted by Crippen LogP contribution is 2.25. The molecule has 1 fully saturated rings. The van der Waals surface area contributed by atoms with Crippen molar-refractivity contribution < 1.29 is 23.9 Å². The van der Waals surface area contributed by atoms with Gasteiger partial charge in [0.2, 0.25) is 0 Å². The van der Waals surface area contributed by atoms with Gasteiger partial charge in [0, 0.05) is 17.1 Å². The zero-order valence-electron chi connectivity index (χ0n) is 14.1. The Morgan fingerprint density at radius 1 is 1.31 bits per heavy atom. The number of amides is 4. The fourth-order valence-corrected chi connectivity index (χ4v) is 2.93. The van der Waals surface area contributed by atoms with Crippen LogP contribution in [0.15, 0.2) is 18.2 Å². The number of esters is 1. The van der Waals surface area contributed by atoms with Crippen LogP contribution in [-0.4, -0.2) is 60.4 Å². The van der Waals surface area contributed by atoms with Crippen LogP contribution in [0.2, 0.25) is 10.0 Å². The maximum Gasteiger partial charge on any atom is 0.327 e. The van der Waals surface area contributed by atoms with E-state index in [1.165, 1.54) is 11.9 Å². The van der Waals surface area contributed by atoms with Gasteiger partial charge in [0.05, 0.1) is 6.04 Å². The minimum atomic E-state index is -0.852. The molecular weight excluding hydrogens is 385 g/mol. The molecule has 1 saturated heterocycles. The van der Waals surface area contributed by atoms with E-state index in [0.717, 1.165) is 4.90 Å². The largest absolute Gasteiger partial charge is 0.454 e. The number of rotatable bonds is 6. The molecule has 2 rings (SSSR count). The first-order chi connectivity index (χ1) is 12.2. The van der Waals surface area contributed by atoms with Gasteiger partial charge in [-0.15, -0.1) is 0 Å². The Morgan fingerprint density at radius 3 is 2.58 bits per heavy atom. The molecule has 0 bridgehead atoms. The van der Waals surface area contributed by atoms with Gasteiger partial charge in [-0.05, 0) is 24.6 Å². The Kier molecular flexibility index (Phi) is 6.44. The summed E-state index contributed by atoms with van der Waals surface area (Å²) in [5.74, 6) is -1.90. The highest BCUT2D eigenvalue weighted by molar-refractivity contribution is 6.35. The van der Waals surface area contributed by atoms with Crippen molar-refractivity contribution in [2.45, 2.75) is 13.0 Å². The number of imide groups is 1. The maximum atomic E-state index is 11.9. The molecule has 1 aliphatic rings. The van der Waals surface area contributed by atoms with Crippen molar-refractivity contribution in [1.29, 1.82) is 0 Å². The van der Waals surface area contributed by atoms with Gasteiger partial charge in [-0.25, -0.2) is 4.79 Å². The van der Waals surface area contributed by atoms with Crippen molar-refractivity contribution in [3.05, 3.63) is 33.8 Å². The van der Waals surface area contributed by atoms with E-state index < -0.39 is 43.0 Å². The molecule has 140 valence electrons. The minimum Gasteiger partial charge on any atom is -0.454 e. The number of hydrogen-bond donors (Lipinski definition) is 1. The van der Waals surface area contributed by atoms with Crippen molar-refractivity contribution in [3.63, 3.8) is 0 Å². The summed E-state index contributed by atoms with van der Waals surface area (Å²) in [5.41, 5.74) is 0.659. The van der Waals surface area contributed by atoms with Gasteiger partial charge in [0.1, 0.15) is 13.1 Å². The minimum absolute atomic E-state index is 0.0913. The SMILES string of the molecule is C[C@H](NC(=O)COC(=O)CN1C(=O)CN(C)C1=O)c1ccc(Cl)cc1Cl. The Hall–Kier alpha value is -2.32. The van der Waals surface area contributed by atoms with E-state index >= 15 is 0 Å². The standard InChI is InChI=1S/C16H17Cl2N3O5/c1-9(11-4-3-10(17)5-12(11)18)19-13(22)8-26-15(24)7-21-14(23)6-20(2)16(21)25/h3-5,9H,6-8H2,1-2H3,(H,19,22)/t9-/m0/s1. The van der Waals surface area contributed by atoms with Crippen molar-refractivity contribution >= 4 is 47.0 Å². The molecule has 1 heterocycles. The first kappa shape index (κ1) is 20.0. The third-order valence-electron chi connectivity index (χ3n) is 3.69. The van der Waals surface area contributed by atoms with E-state index in [-0.39, 0.29) is 6.54 Å². The quantitative estimate of drug-likeness (QED) is 0.576. The Morgan fingerprint density at radius 2 is 2.00 bits per heavy atom. The number of halogens is 2. The van der Waals surface area contributed by atoms with Gasteiger partial charge < -0.3 is 15.0 Å². The Labute approximate surface area is 160 Å². The topological polar surface area (TPSA) is 96.0 Å². The van der Waals surface area contributed by atoms with E-state index in [0.29, 0.717) is 15.6 Å². The Bertz CT molecular complexity index is 755. The molecule has 0 aromatic heterocycles. The molecule has 10 heteroatoms. The summed E-state index contributed by atoms with van der Waals surface area (Å²) in [6.07, 6.45) is 0. The molecule has 1 aromatic rings. The highest BCUT2D eigenvalue weighted by Gasteiger charge is 2.35. The molecule has 1 aromatic carbocycles. The number of likely N-dealkylation sites (N-methyl/N-ethyl adjacent to an activating group) is 1. The molecule has 0 unspecified atom stereocenters. The summed E-state index contributed by atoms with van der Waals surface area (Å²) in [7, 11) is 1.45. The monoisotopic (exact) mass is 401 g/mol. The lowest BCUT2D eigenvalue weighted by molar-refractivity contribution is -0.150. The highest BCUT2D eigenvalue weighted by atomic mass is 35.5. The first-order valence-corrected chi connectivity index (χ1v) is 8.40. The van der Waals surface area contributed by atoms with Crippen LogP contribution >= 0.6 is 23.2 Å². The molecule has 0 radical (unpaired) electrons. The lowest BCUT2D eigenvalue weighted by atomic mass is 10.1. The Balaban J connectivity index is 1.82. The fourth-order valence-electron chi connectivity index (χ4n) is 2.36. The number of hydrogen-bond acceptors (Lipinski definition) is 5. The third kappa shape index (κ3) is 4.86. The van der Waals surface area contributed by atoms with E-state index in [2.05, 4.69) is 5.32 Å². The number of nitrogens with one attached hydrogen (secondary N) is 1. The van der Waals surface area contributed by atoms with Gasteiger partial charge in [-0.2, -0.15) is 0 Å². The summed E-state index contributed by atoms with van der Waals surface area (Å²) in [6, 6.07) is 3.88. The molecule has 1 atom stereocenters. The molecule has 1 N–H and O–H groups in total. The van der Waals surface area contributed by atoms with Crippen molar-refractivity contribution in [2.24, 2.45) is 0 Å². The summed E-state index contributed by atoms with van der Waals surface area (Å²) in [5, 5.41) is 3.51. The lowest BCUT2D eigenvalue weighted by Crippen LogP contribution is -2.38. The number of urea groups is 1. The van der Waals surface area contributed by atoms with Gasteiger partial charge in [0.15, 0.2) is 6.61 Å². The summed E-state index contributed by atoms with van der Waals surface area (Å²) in [4.78, 5) is 48.9. The first-order valence-electron chi connectivity index (χ1n) is 7.64. The van der Waals surface area contributed by atoms with Crippen LogP contribution in [0.4, 0.5) is 4.79 Å². The van der Waals surface area contributed by atoms with Gasteiger partial charge in [-0.1, -0.05) is 29.3 Å². The van der Waals surface area contributed by atoms with Gasteiger partial charge in [-0.3, -0.25) is 19.3 Å². The third-order valence-corrected chi connectivity index (χ3v) is 4.25. The molecule has 26 heavy (non-hydrogen) atoms. The predicted octanol–water partition coefficient (Wildman–Crippen LogP) is 1.61. The number of ether oxygens (including phenoxy) is 1. The molecule has 8 nitrogen and oxygen atoms in total. The number of carbonyl (C=O) groups excluding carboxylic acids is 4. The van der Waals surface area contributed by atoms with E-state index in [1.807, 2.05) is 0 Å².